The molecule has 3 rings (SSSR count). The van der Waals surface area contributed by atoms with Crippen LogP contribution in [0.25, 0.3) is 22.4 Å². The molecule has 0 radical (unpaired) electrons. The molecule has 8 nitrogen and oxygen atoms in total. The molecule has 0 unspecified atom stereocenters. The number of aryl methyl sites for hydroxylation is 1. The van der Waals surface area contributed by atoms with Crippen LogP contribution in [-0.4, -0.2) is 37.7 Å². The Bertz CT molecular complexity index is 1080. The first-order valence-corrected chi connectivity index (χ1v) is 13.7. The molecule has 0 aliphatic rings. The highest BCUT2D eigenvalue weighted by molar-refractivity contribution is 5.70. The number of hydrogen-bond donors (Lipinski definition) is 0. The maximum atomic E-state index is 8.49. The molecule has 0 spiro atoms. The van der Waals surface area contributed by atoms with Gasteiger partial charge < -0.3 is 9.47 Å². The van der Waals surface area contributed by atoms with E-state index >= 15 is 0 Å². The first-order valence-electron chi connectivity index (χ1n) is 12.4. The van der Waals surface area contributed by atoms with Crippen molar-refractivity contribution >= 4 is 0 Å². The fourth-order valence-electron chi connectivity index (χ4n) is 4.04. The molecule has 2 aromatic carbocycles. The molecule has 0 fully saturated rings. The Labute approximate surface area is 222 Å². The van der Waals surface area contributed by atoms with Gasteiger partial charge in [0.1, 0.15) is 11.5 Å². The standard InChI is InChI=1S/C28H37N2O2.ClHO4/c1-6-29(7-2)18-19-30-22(5)20-25(23-10-14-26(15-11-23)31-8-3)21-28(30)24-12-16-27(17-13-24)32-9-4;2-1(3,4)5/h10-17,20-21H,6-9,18-19H2,1-5H3;(H,2,3,4,5)/q+1;/p-1. The van der Waals surface area contributed by atoms with Gasteiger partial charge in [-0.05, 0) is 74.5 Å². The van der Waals surface area contributed by atoms with E-state index in [1.807, 2.05) is 26.0 Å². The monoisotopic (exact) mass is 532 g/mol. The Balaban J connectivity index is 0.000000877. The number of pyridine rings is 1. The second kappa shape index (κ2) is 14.9. The summed E-state index contributed by atoms with van der Waals surface area (Å²) in [7, 11) is -4.94. The largest absolute Gasteiger partial charge is 0.494 e. The molecule has 0 atom stereocenters. The summed E-state index contributed by atoms with van der Waals surface area (Å²) >= 11 is 0. The normalized spacial score (nSPS) is 11.2. The minimum Gasteiger partial charge on any atom is -0.494 e. The zero-order valence-corrected chi connectivity index (χ0v) is 23.0. The third-order valence-corrected chi connectivity index (χ3v) is 5.87. The van der Waals surface area contributed by atoms with E-state index < -0.39 is 10.2 Å². The summed E-state index contributed by atoms with van der Waals surface area (Å²) in [6, 6.07) is 21.4. The van der Waals surface area contributed by atoms with Crippen molar-refractivity contribution in [3.8, 4) is 33.9 Å². The van der Waals surface area contributed by atoms with Crippen LogP contribution in [0.3, 0.4) is 0 Å². The van der Waals surface area contributed by atoms with E-state index in [0.29, 0.717) is 13.2 Å². The van der Waals surface area contributed by atoms with E-state index in [9.17, 15) is 0 Å². The van der Waals surface area contributed by atoms with Gasteiger partial charge in [-0.15, -0.1) is 10.2 Å². The zero-order valence-electron chi connectivity index (χ0n) is 22.2. The molecular formula is C28H37ClN2O6. The van der Waals surface area contributed by atoms with E-state index in [-0.39, 0.29) is 0 Å². The average Bonchev–Trinajstić information content (AvgIpc) is 2.85. The Morgan fingerprint density at radius 2 is 1.16 bits per heavy atom. The number of aromatic nitrogens is 1. The second-order valence-electron chi connectivity index (χ2n) is 8.24. The third kappa shape index (κ3) is 10.3. The quantitative estimate of drug-likeness (QED) is 0.338. The Kier molecular flexibility index (Phi) is 12.3. The van der Waals surface area contributed by atoms with Crippen LogP contribution in [0.15, 0.2) is 60.7 Å². The minimum atomic E-state index is -4.94. The number of halogens is 1. The number of nitrogens with zero attached hydrogens (tertiary/aromatic N) is 2. The Morgan fingerprint density at radius 3 is 1.59 bits per heavy atom. The van der Waals surface area contributed by atoms with Gasteiger partial charge in [0.2, 0.25) is 5.69 Å². The van der Waals surface area contributed by atoms with Crippen molar-refractivity contribution in [2.45, 2.75) is 41.2 Å². The van der Waals surface area contributed by atoms with E-state index in [1.54, 1.807) is 0 Å². The highest BCUT2D eigenvalue weighted by Gasteiger charge is 2.20. The number of benzene rings is 2. The van der Waals surface area contributed by atoms with Gasteiger partial charge in [0.05, 0.1) is 19.8 Å². The Hall–Kier alpha value is -2.72. The highest BCUT2D eigenvalue weighted by atomic mass is 35.7. The lowest BCUT2D eigenvalue weighted by atomic mass is 10.0. The van der Waals surface area contributed by atoms with Crippen molar-refractivity contribution in [3.63, 3.8) is 0 Å². The molecule has 37 heavy (non-hydrogen) atoms. The van der Waals surface area contributed by atoms with E-state index in [0.717, 1.165) is 37.7 Å². The molecule has 0 saturated carbocycles. The van der Waals surface area contributed by atoms with Crippen LogP contribution in [0.4, 0.5) is 0 Å². The van der Waals surface area contributed by atoms with E-state index in [1.165, 1.54) is 28.1 Å². The van der Waals surface area contributed by atoms with Crippen molar-refractivity contribution in [1.82, 2.24) is 4.90 Å². The van der Waals surface area contributed by atoms with Gasteiger partial charge in [0.15, 0.2) is 12.2 Å². The summed E-state index contributed by atoms with van der Waals surface area (Å²) in [5.74, 6) is 1.82. The van der Waals surface area contributed by atoms with Crippen LogP contribution < -0.4 is 32.7 Å². The van der Waals surface area contributed by atoms with E-state index in [4.69, 9.17) is 28.1 Å². The predicted octanol–water partition coefficient (Wildman–Crippen LogP) is 1.000. The van der Waals surface area contributed by atoms with Crippen molar-refractivity contribution in [2.24, 2.45) is 0 Å². The van der Waals surface area contributed by atoms with Crippen molar-refractivity contribution in [3.05, 3.63) is 66.4 Å². The van der Waals surface area contributed by atoms with Gasteiger partial charge in [0.25, 0.3) is 0 Å². The maximum absolute atomic E-state index is 8.49. The molecular weight excluding hydrogens is 496 g/mol. The summed E-state index contributed by atoms with van der Waals surface area (Å²) in [4.78, 5) is 2.47. The molecule has 0 aliphatic heterocycles. The van der Waals surface area contributed by atoms with Gasteiger partial charge in [-0.2, -0.15) is 4.57 Å². The van der Waals surface area contributed by atoms with Crippen molar-refractivity contribution < 1.29 is 42.9 Å². The molecule has 9 heteroatoms. The van der Waals surface area contributed by atoms with Gasteiger partial charge in [0, 0.05) is 24.6 Å². The van der Waals surface area contributed by atoms with Gasteiger partial charge >= 0.3 is 0 Å². The van der Waals surface area contributed by atoms with Gasteiger partial charge in [-0.3, -0.25) is 4.90 Å². The molecule has 1 heterocycles. The summed E-state index contributed by atoms with van der Waals surface area (Å²) in [6.07, 6.45) is 0. The van der Waals surface area contributed by atoms with Crippen molar-refractivity contribution in [2.75, 3.05) is 32.8 Å². The van der Waals surface area contributed by atoms with Crippen LogP contribution in [0.2, 0.25) is 0 Å². The fraction of sp³-hybridized carbons (Fsp3) is 0.393. The summed E-state index contributed by atoms with van der Waals surface area (Å²) in [5, 5.41) is 0. The molecule has 0 N–H and O–H groups in total. The number of rotatable bonds is 11. The van der Waals surface area contributed by atoms with Crippen LogP contribution in [-0.2, 0) is 6.54 Å². The zero-order chi connectivity index (χ0) is 27.4. The lowest BCUT2D eigenvalue weighted by Gasteiger charge is -2.18. The molecule has 0 aliphatic carbocycles. The number of likely N-dealkylation sites (N-methyl/N-ethyl adjacent to an activating group) is 1. The SMILES string of the molecule is CCOc1ccc(-c2cc(C)[n+](CCN(CC)CC)c(-c3ccc(OCC)cc3)c2)cc1.[O-][Cl+3]([O-])([O-])[O-]. The molecule has 1 aromatic heterocycles. The van der Waals surface area contributed by atoms with Crippen LogP contribution in [0.5, 0.6) is 11.5 Å². The smallest absolute Gasteiger partial charge is 0.213 e. The molecule has 0 amide bonds. The number of hydrogen-bond acceptors (Lipinski definition) is 7. The maximum Gasteiger partial charge on any atom is 0.213 e. The van der Waals surface area contributed by atoms with Crippen molar-refractivity contribution in [1.29, 1.82) is 0 Å². The topological polar surface area (TPSA) is 118 Å². The van der Waals surface area contributed by atoms with Crippen LogP contribution in [0, 0.1) is 17.2 Å². The fourth-order valence-corrected chi connectivity index (χ4v) is 4.04. The molecule has 0 saturated heterocycles. The third-order valence-electron chi connectivity index (χ3n) is 5.87. The second-order valence-corrected chi connectivity index (χ2v) is 9.00. The summed E-state index contributed by atoms with van der Waals surface area (Å²) < 4.78 is 47.7. The van der Waals surface area contributed by atoms with Crippen LogP contribution in [0.1, 0.15) is 33.4 Å². The summed E-state index contributed by atoms with van der Waals surface area (Å²) in [5.41, 5.74) is 6.09. The minimum absolute atomic E-state index is 0.676. The van der Waals surface area contributed by atoms with Gasteiger partial charge in [-0.25, -0.2) is 18.6 Å². The number of ether oxygens (including phenoxy) is 2. The predicted molar refractivity (Wildman–Crippen MR) is 132 cm³/mol. The highest BCUT2D eigenvalue weighted by Crippen LogP contribution is 2.28. The van der Waals surface area contributed by atoms with Gasteiger partial charge in [-0.1, -0.05) is 26.0 Å². The first-order chi connectivity index (χ1) is 17.6. The van der Waals surface area contributed by atoms with Crippen LogP contribution >= 0.6 is 0 Å². The average molecular weight is 533 g/mol. The summed E-state index contributed by atoms with van der Waals surface area (Å²) in [6.45, 7) is 16.2. The lowest BCUT2D eigenvalue weighted by Crippen LogP contribution is -2.68. The Morgan fingerprint density at radius 1 is 0.703 bits per heavy atom. The first kappa shape index (κ1) is 30.5. The molecule has 0 bridgehead atoms. The lowest BCUT2D eigenvalue weighted by molar-refractivity contribution is -2.00. The van der Waals surface area contributed by atoms with E-state index in [2.05, 4.69) is 78.8 Å². The molecule has 202 valence electrons. The molecule has 3 aromatic rings.